The van der Waals surface area contributed by atoms with E-state index >= 15 is 0 Å². The van der Waals surface area contributed by atoms with E-state index in [2.05, 4.69) is 15.6 Å². The molecule has 0 atom stereocenters. The van der Waals surface area contributed by atoms with Gasteiger partial charge in [0.2, 0.25) is 0 Å². The summed E-state index contributed by atoms with van der Waals surface area (Å²) in [5.74, 6) is 1.45. The van der Waals surface area contributed by atoms with E-state index in [4.69, 9.17) is 9.15 Å². The molecule has 9 heteroatoms. The van der Waals surface area contributed by atoms with Gasteiger partial charge in [-0.05, 0) is 45.5 Å². The number of nitrogens with one attached hydrogen (secondary N) is 2. The number of ether oxygens (including phenoxy) is 1. The Labute approximate surface area is 152 Å². The third-order valence-corrected chi connectivity index (χ3v) is 3.34. The molecule has 0 spiro atoms. The van der Waals surface area contributed by atoms with Crippen LogP contribution in [0, 0.1) is 0 Å². The van der Waals surface area contributed by atoms with Gasteiger partial charge in [0.15, 0.2) is 5.96 Å². The average molecular weight is 378 g/mol. The normalized spacial score (nSPS) is 12.6. The Balaban J connectivity index is 2.13. The van der Waals surface area contributed by atoms with Crippen LogP contribution in [0.25, 0.3) is 0 Å². The van der Waals surface area contributed by atoms with Crippen molar-refractivity contribution in [2.75, 3.05) is 46.4 Å². The fraction of sp³-hybridized carbons (Fsp3) is 0.706. The second kappa shape index (κ2) is 12.6. The number of nitrogens with zero attached hydrogens (tertiary/aromatic N) is 2. The molecule has 2 N–H and O–H groups in total. The lowest BCUT2D eigenvalue weighted by atomic mass is 10.4. The lowest BCUT2D eigenvalue weighted by molar-refractivity contribution is -0.143. The Morgan fingerprint density at radius 3 is 2.77 bits per heavy atom. The molecule has 26 heavy (non-hydrogen) atoms. The first-order valence-electron chi connectivity index (χ1n) is 8.78. The van der Waals surface area contributed by atoms with Crippen molar-refractivity contribution in [3.05, 3.63) is 24.2 Å². The third-order valence-electron chi connectivity index (χ3n) is 3.34. The molecule has 6 nitrogen and oxygen atoms in total. The van der Waals surface area contributed by atoms with Crippen LogP contribution >= 0.6 is 0 Å². The predicted octanol–water partition coefficient (Wildman–Crippen LogP) is 2.63. The van der Waals surface area contributed by atoms with Gasteiger partial charge in [0, 0.05) is 26.2 Å². The zero-order valence-electron chi connectivity index (χ0n) is 15.4. The number of hydrogen-bond donors (Lipinski definition) is 2. The van der Waals surface area contributed by atoms with Gasteiger partial charge in [-0.1, -0.05) is 0 Å². The number of aliphatic imine (C=N–C) groups is 1. The molecule has 0 amide bonds. The van der Waals surface area contributed by atoms with E-state index in [1.165, 1.54) is 11.9 Å². The van der Waals surface area contributed by atoms with Crippen LogP contribution in [0.15, 0.2) is 27.8 Å². The van der Waals surface area contributed by atoms with Crippen LogP contribution in [-0.2, 0) is 11.3 Å². The maximum Gasteiger partial charge on any atom is 0.401 e. The number of guanidine groups is 1. The van der Waals surface area contributed by atoms with Gasteiger partial charge < -0.3 is 19.8 Å². The van der Waals surface area contributed by atoms with Gasteiger partial charge in [-0.3, -0.25) is 9.89 Å². The summed E-state index contributed by atoms with van der Waals surface area (Å²) < 4.78 is 47.4. The van der Waals surface area contributed by atoms with Crippen LogP contribution in [0.4, 0.5) is 13.2 Å². The van der Waals surface area contributed by atoms with Gasteiger partial charge >= 0.3 is 6.18 Å². The minimum Gasteiger partial charge on any atom is -0.467 e. The summed E-state index contributed by atoms with van der Waals surface area (Å²) in [5.41, 5.74) is 0. The van der Waals surface area contributed by atoms with E-state index < -0.39 is 12.7 Å². The van der Waals surface area contributed by atoms with Crippen LogP contribution in [0.5, 0.6) is 0 Å². The standard InChI is InChI=1S/C17H29F3N4O2/c1-3-21-16(22-8-5-10-24(2)14-17(18,19)20)23-9-6-11-25-13-15-7-4-12-26-15/h4,7,12H,3,5-6,8-11,13-14H2,1-2H3,(H2,21,22,23). The van der Waals surface area contributed by atoms with Crippen molar-refractivity contribution in [3.8, 4) is 0 Å². The highest BCUT2D eigenvalue weighted by Crippen LogP contribution is 2.15. The van der Waals surface area contributed by atoms with Crippen LogP contribution in [-0.4, -0.2) is 63.4 Å². The number of hydrogen-bond acceptors (Lipinski definition) is 4. The van der Waals surface area contributed by atoms with Crippen LogP contribution in [0.2, 0.25) is 0 Å². The van der Waals surface area contributed by atoms with Crippen LogP contribution in [0.1, 0.15) is 25.5 Å². The molecule has 1 aromatic heterocycles. The lowest BCUT2D eigenvalue weighted by Gasteiger charge is -2.18. The van der Waals surface area contributed by atoms with Gasteiger partial charge in [0.05, 0.1) is 12.8 Å². The monoisotopic (exact) mass is 378 g/mol. The lowest BCUT2D eigenvalue weighted by Crippen LogP contribution is -2.39. The summed E-state index contributed by atoms with van der Waals surface area (Å²) in [4.78, 5) is 5.69. The van der Waals surface area contributed by atoms with Crippen molar-refractivity contribution in [1.82, 2.24) is 15.5 Å². The minimum atomic E-state index is -4.16. The summed E-state index contributed by atoms with van der Waals surface area (Å²) in [6.07, 6.45) is -1.18. The third kappa shape index (κ3) is 11.8. The quantitative estimate of drug-likeness (QED) is 0.333. The minimum absolute atomic E-state index is 0.368. The van der Waals surface area contributed by atoms with E-state index in [0.29, 0.717) is 45.2 Å². The van der Waals surface area contributed by atoms with E-state index in [1.807, 2.05) is 19.1 Å². The molecule has 0 saturated heterocycles. The number of rotatable bonds is 12. The SMILES string of the molecule is CCNC(=NCCCOCc1ccco1)NCCCN(C)CC(F)(F)F. The van der Waals surface area contributed by atoms with Gasteiger partial charge in [-0.25, -0.2) is 0 Å². The van der Waals surface area contributed by atoms with Crippen molar-refractivity contribution in [3.63, 3.8) is 0 Å². The summed E-state index contributed by atoms with van der Waals surface area (Å²) in [6.45, 7) is 4.33. The van der Waals surface area contributed by atoms with Crippen molar-refractivity contribution in [1.29, 1.82) is 0 Å². The fourth-order valence-corrected chi connectivity index (χ4v) is 2.21. The summed E-state index contributed by atoms with van der Waals surface area (Å²) in [5, 5.41) is 6.24. The highest BCUT2D eigenvalue weighted by molar-refractivity contribution is 5.79. The molecule has 150 valence electrons. The predicted molar refractivity (Wildman–Crippen MR) is 95.1 cm³/mol. The molecule has 0 saturated carbocycles. The van der Waals surface area contributed by atoms with Gasteiger partial charge in [0.1, 0.15) is 12.4 Å². The summed E-state index contributed by atoms with van der Waals surface area (Å²) in [6, 6.07) is 3.68. The molecular weight excluding hydrogens is 349 g/mol. The smallest absolute Gasteiger partial charge is 0.401 e. The highest BCUT2D eigenvalue weighted by atomic mass is 19.4. The van der Waals surface area contributed by atoms with Crippen molar-refractivity contribution in [2.45, 2.75) is 32.5 Å². The van der Waals surface area contributed by atoms with Gasteiger partial charge in [-0.15, -0.1) is 0 Å². The molecule has 0 aliphatic carbocycles. The Morgan fingerprint density at radius 1 is 1.31 bits per heavy atom. The van der Waals surface area contributed by atoms with Gasteiger partial charge in [-0.2, -0.15) is 13.2 Å². The topological polar surface area (TPSA) is 62.0 Å². The Morgan fingerprint density at radius 2 is 2.12 bits per heavy atom. The number of halogens is 3. The zero-order valence-corrected chi connectivity index (χ0v) is 15.4. The molecule has 0 radical (unpaired) electrons. The first-order valence-corrected chi connectivity index (χ1v) is 8.78. The maximum atomic E-state index is 12.2. The molecule has 0 aliphatic rings. The van der Waals surface area contributed by atoms with Crippen LogP contribution < -0.4 is 10.6 Å². The molecule has 0 bridgehead atoms. The highest BCUT2D eigenvalue weighted by Gasteiger charge is 2.28. The van der Waals surface area contributed by atoms with E-state index in [9.17, 15) is 13.2 Å². The zero-order chi connectivity index (χ0) is 19.3. The second-order valence-corrected chi connectivity index (χ2v) is 5.88. The molecule has 0 aromatic carbocycles. The summed E-state index contributed by atoms with van der Waals surface area (Å²) >= 11 is 0. The maximum absolute atomic E-state index is 12.2. The second-order valence-electron chi connectivity index (χ2n) is 5.88. The molecular formula is C17H29F3N4O2. The Hall–Kier alpha value is -1.74. The fourth-order valence-electron chi connectivity index (χ4n) is 2.21. The van der Waals surface area contributed by atoms with E-state index in [-0.39, 0.29) is 0 Å². The van der Waals surface area contributed by atoms with Crippen molar-refractivity contribution >= 4 is 5.96 Å². The number of furan rings is 1. The first kappa shape index (κ1) is 22.3. The van der Waals surface area contributed by atoms with E-state index in [1.54, 1.807) is 6.26 Å². The molecule has 0 fully saturated rings. The van der Waals surface area contributed by atoms with Crippen LogP contribution in [0.3, 0.4) is 0 Å². The number of alkyl halides is 3. The Bertz CT molecular complexity index is 493. The largest absolute Gasteiger partial charge is 0.467 e. The van der Waals surface area contributed by atoms with Crippen molar-refractivity contribution in [2.24, 2.45) is 4.99 Å². The molecule has 0 aliphatic heterocycles. The molecule has 1 heterocycles. The van der Waals surface area contributed by atoms with Gasteiger partial charge in [0.25, 0.3) is 0 Å². The van der Waals surface area contributed by atoms with E-state index in [0.717, 1.165) is 18.7 Å². The average Bonchev–Trinajstić information content (AvgIpc) is 3.06. The Kier molecular flexibility index (Phi) is 10.8. The first-order chi connectivity index (χ1) is 12.4. The summed E-state index contributed by atoms with van der Waals surface area (Å²) in [7, 11) is 1.47. The molecule has 1 aromatic rings. The molecule has 0 unspecified atom stereocenters. The molecule has 1 rings (SSSR count). The van der Waals surface area contributed by atoms with Crippen molar-refractivity contribution < 1.29 is 22.3 Å².